The van der Waals surface area contributed by atoms with E-state index in [1.165, 1.54) is 6.42 Å². The lowest BCUT2D eigenvalue weighted by Crippen LogP contribution is -2.48. The highest BCUT2D eigenvalue weighted by Gasteiger charge is 2.33. The number of rotatable bonds is 5. The first-order valence-electron chi connectivity index (χ1n) is 7.45. The van der Waals surface area contributed by atoms with Gasteiger partial charge in [-0.2, -0.15) is 0 Å². The summed E-state index contributed by atoms with van der Waals surface area (Å²) in [5.41, 5.74) is 0. The van der Waals surface area contributed by atoms with Gasteiger partial charge in [-0.1, -0.05) is 6.92 Å². The zero-order valence-corrected chi connectivity index (χ0v) is 13.0. The van der Waals surface area contributed by atoms with E-state index in [2.05, 4.69) is 17.1 Å². The van der Waals surface area contributed by atoms with E-state index in [1.807, 2.05) is 0 Å². The summed E-state index contributed by atoms with van der Waals surface area (Å²) in [5, 5.41) is 2.96. The fourth-order valence-electron chi connectivity index (χ4n) is 3.25. The highest BCUT2D eigenvalue weighted by molar-refractivity contribution is 7.89. The van der Waals surface area contributed by atoms with Crippen molar-refractivity contribution >= 4 is 10.0 Å². The first-order valence-corrected chi connectivity index (χ1v) is 8.96. The molecule has 0 spiro atoms. The predicted molar refractivity (Wildman–Crippen MR) is 77.7 cm³/mol. The van der Waals surface area contributed by atoms with Gasteiger partial charge in [-0.15, -0.1) is 0 Å². The van der Waals surface area contributed by atoms with Crippen molar-refractivity contribution in [2.45, 2.75) is 43.9 Å². The summed E-state index contributed by atoms with van der Waals surface area (Å²) in [6.45, 7) is 6.48. The Morgan fingerprint density at radius 2 is 2.11 bits per heavy atom. The van der Waals surface area contributed by atoms with Crippen LogP contribution < -0.4 is 5.32 Å². The molecule has 2 aliphatic heterocycles. The maximum absolute atomic E-state index is 12.5. The van der Waals surface area contributed by atoms with Crippen molar-refractivity contribution in [3.05, 3.63) is 0 Å². The molecule has 2 atom stereocenters. The predicted octanol–water partition coefficient (Wildman–Crippen LogP) is 0.484. The molecule has 0 bridgehead atoms. The molecule has 2 unspecified atom stereocenters. The summed E-state index contributed by atoms with van der Waals surface area (Å²) in [4.78, 5) is 2.39. The average Bonchev–Trinajstić information content (AvgIpc) is 2.87. The average molecular weight is 289 g/mol. The van der Waals surface area contributed by atoms with E-state index in [0.29, 0.717) is 19.1 Å². The molecule has 2 aliphatic rings. The van der Waals surface area contributed by atoms with Gasteiger partial charge in [0.25, 0.3) is 0 Å². The van der Waals surface area contributed by atoms with Crippen molar-refractivity contribution in [1.82, 2.24) is 14.5 Å². The summed E-state index contributed by atoms with van der Waals surface area (Å²) in [6.07, 6.45) is 4.07. The molecule has 1 N–H and O–H groups in total. The normalized spacial score (nSPS) is 30.1. The van der Waals surface area contributed by atoms with Gasteiger partial charge >= 0.3 is 0 Å². The van der Waals surface area contributed by atoms with E-state index >= 15 is 0 Å². The molecular formula is C13H27N3O2S. The number of piperidine rings is 1. The smallest absolute Gasteiger partial charge is 0.218 e. The van der Waals surface area contributed by atoms with Gasteiger partial charge in [0.15, 0.2) is 0 Å². The van der Waals surface area contributed by atoms with Gasteiger partial charge in [0.05, 0.1) is 5.25 Å². The van der Waals surface area contributed by atoms with Crippen molar-refractivity contribution in [1.29, 1.82) is 0 Å². The molecule has 0 aromatic carbocycles. The topological polar surface area (TPSA) is 52.7 Å². The van der Waals surface area contributed by atoms with Crippen LogP contribution >= 0.6 is 0 Å². The van der Waals surface area contributed by atoms with E-state index in [4.69, 9.17) is 0 Å². The Labute approximate surface area is 117 Å². The van der Waals surface area contributed by atoms with Gasteiger partial charge in [-0.25, -0.2) is 12.7 Å². The molecule has 0 aromatic rings. The number of hydrogen-bond donors (Lipinski definition) is 1. The van der Waals surface area contributed by atoms with E-state index in [9.17, 15) is 8.42 Å². The van der Waals surface area contributed by atoms with Gasteiger partial charge < -0.3 is 5.32 Å². The molecule has 2 saturated heterocycles. The van der Waals surface area contributed by atoms with Crippen LogP contribution in [0.5, 0.6) is 0 Å². The van der Waals surface area contributed by atoms with E-state index in [-0.39, 0.29) is 5.25 Å². The van der Waals surface area contributed by atoms with Crippen LogP contribution in [0.25, 0.3) is 0 Å². The number of hydrogen-bond acceptors (Lipinski definition) is 4. The molecule has 0 saturated carbocycles. The Bertz CT molecular complexity index is 379. The number of likely N-dealkylation sites (N-methyl/N-ethyl adjacent to an activating group) is 2. The number of nitrogens with one attached hydrogen (secondary N) is 1. The first kappa shape index (κ1) is 15.2. The van der Waals surface area contributed by atoms with Crippen LogP contribution in [0.2, 0.25) is 0 Å². The van der Waals surface area contributed by atoms with Crippen molar-refractivity contribution in [2.75, 3.05) is 39.8 Å². The molecule has 0 amide bonds. The molecule has 0 aliphatic carbocycles. The van der Waals surface area contributed by atoms with Crippen molar-refractivity contribution < 1.29 is 8.42 Å². The SMILES string of the molecule is CCN1CCCC1CN(C)S(=O)(=O)C1CCCNC1. The van der Waals surface area contributed by atoms with Crippen LogP contribution in [0.15, 0.2) is 0 Å². The third-order valence-corrected chi connectivity index (χ3v) is 6.74. The Morgan fingerprint density at radius 1 is 1.32 bits per heavy atom. The molecule has 19 heavy (non-hydrogen) atoms. The lowest BCUT2D eigenvalue weighted by Gasteiger charge is -2.31. The molecule has 2 rings (SSSR count). The largest absolute Gasteiger partial charge is 0.315 e. The minimum absolute atomic E-state index is 0.234. The second kappa shape index (κ2) is 6.52. The molecular weight excluding hydrogens is 262 g/mol. The molecule has 112 valence electrons. The fraction of sp³-hybridized carbons (Fsp3) is 1.00. The lowest BCUT2D eigenvalue weighted by atomic mass is 10.2. The summed E-state index contributed by atoms with van der Waals surface area (Å²) >= 11 is 0. The minimum atomic E-state index is -3.14. The van der Waals surface area contributed by atoms with Crippen LogP contribution in [0.1, 0.15) is 32.6 Å². The lowest BCUT2D eigenvalue weighted by molar-refractivity contribution is 0.236. The first-order chi connectivity index (χ1) is 9.05. The minimum Gasteiger partial charge on any atom is -0.315 e. The van der Waals surface area contributed by atoms with Crippen molar-refractivity contribution in [3.8, 4) is 0 Å². The van der Waals surface area contributed by atoms with Crippen molar-refractivity contribution in [3.63, 3.8) is 0 Å². The third kappa shape index (κ3) is 3.48. The Balaban J connectivity index is 1.95. The molecule has 0 radical (unpaired) electrons. The van der Waals surface area contributed by atoms with Gasteiger partial charge in [-0.3, -0.25) is 4.90 Å². The van der Waals surface area contributed by atoms with Crippen LogP contribution in [-0.2, 0) is 10.0 Å². The van der Waals surface area contributed by atoms with Crippen molar-refractivity contribution in [2.24, 2.45) is 0 Å². The Kier molecular flexibility index (Phi) is 5.22. The Morgan fingerprint density at radius 3 is 2.74 bits per heavy atom. The van der Waals surface area contributed by atoms with Crippen LogP contribution in [-0.4, -0.2) is 68.7 Å². The highest BCUT2D eigenvalue weighted by Crippen LogP contribution is 2.21. The summed E-state index contributed by atoms with van der Waals surface area (Å²) in [5.74, 6) is 0. The summed E-state index contributed by atoms with van der Waals surface area (Å²) in [6, 6.07) is 0.404. The van der Waals surface area contributed by atoms with E-state index in [0.717, 1.165) is 38.9 Å². The fourth-order valence-corrected chi connectivity index (χ4v) is 4.93. The van der Waals surface area contributed by atoms with E-state index in [1.54, 1.807) is 11.4 Å². The van der Waals surface area contributed by atoms with Gasteiger partial charge in [0.1, 0.15) is 0 Å². The third-order valence-electron chi connectivity index (χ3n) is 4.48. The van der Waals surface area contributed by atoms with Gasteiger partial charge in [-0.05, 0) is 45.3 Å². The molecule has 2 heterocycles. The zero-order chi connectivity index (χ0) is 13.9. The molecule has 2 fully saturated rings. The quantitative estimate of drug-likeness (QED) is 0.800. The molecule has 5 nitrogen and oxygen atoms in total. The standard InChI is InChI=1S/C13H27N3O2S/c1-3-16-9-5-6-12(16)11-15(2)19(17,18)13-7-4-8-14-10-13/h12-14H,3-11H2,1-2H3. The van der Waals surface area contributed by atoms with Gasteiger partial charge in [0, 0.05) is 26.2 Å². The molecule has 6 heteroatoms. The maximum atomic E-state index is 12.5. The molecule has 0 aromatic heterocycles. The van der Waals surface area contributed by atoms with Gasteiger partial charge in [0.2, 0.25) is 10.0 Å². The summed E-state index contributed by atoms with van der Waals surface area (Å²) in [7, 11) is -1.39. The van der Waals surface area contributed by atoms with Crippen LogP contribution in [0.4, 0.5) is 0 Å². The number of nitrogens with zero attached hydrogens (tertiary/aromatic N) is 2. The van der Waals surface area contributed by atoms with Crippen LogP contribution in [0.3, 0.4) is 0 Å². The maximum Gasteiger partial charge on any atom is 0.218 e. The second-order valence-electron chi connectivity index (χ2n) is 5.72. The highest BCUT2D eigenvalue weighted by atomic mass is 32.2. The zero-order valence-electron chi connectivity index (χ0n) is 12.1. The summed E-state index contributed by atoms with van der Waals surface area (Å²) < 4.78 is 26.7. The number of sulfonamides is 1. The second-order valence-corrected chi connectivity index (χ2v) is 8.04. The number of likely N-dealkylation sites (tertiary alicyclic amines) is 1. The Hall–Kier alpha value is -0.170. The van der Waals surface area contributed by atoms with E-state index < -0.39 is 10.0 Å². The van der Waals surface area contributed by atoms with Crippen LogP contribution in [0, 0.1) is 0 Å². The monoisotopic (exact) mass is 289 g/mol.